The summed E-state index contributed by atoms with van der Waals surface area (Å²) in [4.78, 5) is 25.6. The zero-order chi connectivity index (χ0) is 18.7. The van der Waals surface area contributed by atoms with Crippen molar-refractivity contribution in [2.75, 3.05) is 23.3 Å². The molecule has 26 heavy (non-hydrogen) atoms. The number of nitrogens with one attached hydrogen (secondary N) is 1. The SMILES string of the molecule is CCc1nnc(NC(=O)c2ccc(N3CCC[C@H](C)C3)c([N+](=O)[O-])c2)s1. The molecule has 1 amide bonds. The number of nitro benzene ring substituents is 1. The minimum atomic E-state index is -0.425. The topological polar surface area (TPSA) is 101 Å². The van der Waals surface area contributed by atoms with Gasteiger partial charge in [0.1, 0.15) is 10.7 Å². The summed E-state index contributed by atoms with van der Waals surface area (Å²) in [6, 6.07) is 4.63. The number of hydrogen-bond acceptors (Lipinski definition) is 7. The first-order chi connectivity index (χ1) is 12.5. The van der Waals surface area contributed by atoms with E-state index in [2.05, 4.69) is 22.4 Å². The first kappa shape index (κ1) is 18.2. The number of nitro groups is 1. The van der Waals surface area contributed by atoms with Gasteiger partial charge in [0, 0.05) is 24.7 Å². The van der Waals surface area contributed by atoms with E-state index in [1.165, 1.54) is 17.4 Å². The van der Waals surface area contributed by atoms with E-state index < -0.39 is 10.8 Å². The number of carbonyl (C=O) groups is 1. The fraction of sp³-hybridized carbons (Fsp3) is 0.471. The van der Waals surface area contributed by atoms with Crippen molar-refractivity contribution in [3.05, 3.63) is 38.9 Å². The van der Waals surface area contributed by atoms with Gasteiger partial charge in [-0.15, -0.1) is 10.2 Å². The van der Waals surface area contributed by atoms with Gasteiger partial charge in [0.05, 0.1) is 4.92 Å². The molecule has 1 atom stereocenters. The largest absolute Gasteiger partial charge is 0.366 e. The van der Waals surface area contributed by atoms with Crippen molar-refractivity contribution in [2.45, 2.75) is 33.1 Å². The average molecular weight is 375 g/mol. The van der Waals surface area contributed by atoms with Crippen LogP contribution in [0.3, 0.4) is 0 Å². The van der Waals surface area contributed by atoms with Crippen molar-refractivity contribution >= 4 is 33.8 Å². The molecule has 138 valence electrons. The van der Waals surface area contributed by atoms with Crippen molar-refractivity contribution in [1.29, 1.82) is 0 Å². The maximum Gasteiger partial charge on any atom is 0.293 e. The lowest BCUT2D eigenvalue weighted by atomic mass is 9.99. The molecule has 1 aliphatic heterocycles. The number of anilines is 2. The highest BCUT2D eigenvalue weighted by Crippen LogP contribution is 2.32. The van der Waals surface area contributed by atoms with E-state index in [9.17, 15) is 14.9 Å². The van der Waals surface area contributed by atoms with Crippen LogP contribution >= 0.6 is 11.3 Å². The molecule has 0 unspecified atom stereocenters. The van der Waals surface area contributed by atoms with Crippen LogP contribution in [0, 0.1) is 16.0 Å². The molecule has 2 heterocycles. The molecule has 0 aliphatic carbocycles. The molecule has 0 saturated carbocycles. The lowest BCUT2D eigenvalue weighted by Gasteiger charge is -2.32. The van der Waals surface area contributed by atoms with Crippen LogP contribution in [-0.2, 0) is 6.42 Å². The molecule has 0 spiro atoms. The summed E-state index contributed by atoms with van der Waals surface area (Å²) in [5.74, 6) is 0.0713. The van der Waals surface area contributed by atoms with Crippen molar-refractivity contribution < 1.29 is 9.72 Å². The highest BCUT2D eigenvalue weighted by Gasteiger charge is 2.25. The Kier molecular flexibility index (Phi) is 5.46. The Balaban J connectivity index is 1.83. The molecule has 1 aromatic heterocycles. The van der Waals surface area contributed by atoms with E-state index in [1.807, 2.05) is 11.8 Å². The van der Waals surface area contributed by atoms with Crippen LogP contribution in [0.25, 0.3) is 0 Å². The molecule has 2 aromatic rings. The fourth-order valence-corrected chi connectivity index (χ4v) is 3.78. The molecular formula is C17H21N5O3S. The second kappa shape index (κ2) is 7.77. The Morgan fingerprint density at radius 3 is 2.92 bits per heavy atom. The van der Waals surface area contributed by atoms with Crippen LogP contribution in [0.1, 0.15) is 42.1 Å². The quantitative estimate of drug-likeness (QED) is 0.634. The van der Waals surface area contributed by atoms with E-state index in [0.717, 1.165) is 37.4 Å². The summed E-state index contributed by atoms with van der Waals surface area (Å²) in [7, 11) is 0. The minimum absolute atomic E-state index is 0.0433. The van der Waals surface area contributed by atoms with E-state index in [-0.39, 0.29) is 11.3 Å². The summed E-state index contributed by atoms with van der Waals surface area (Å²) in [6.07, 6.45) is 2.88. The molecule has 0 radical (unpaired) electrons. The summed E-state index contributed by atoms with van der Waals surface area (Å²) in [6.45, 7) is 5.68. The van der Waals surface area contributed by atoms with Gasteiger partial charge >= 0.3 is 0 Å². The average Bonchev–Trinajstić information content (AvgIpc) is 3.08. The van der Waals surface area contributed by atoms with Crippen LogP contribution in [0.2, 0.25) is 0 Å². The predicted molar refractivity (Wildman–Crippen MR) is 101 cm³/mol. The molecule has 1 aliphatic rings. The smallest absolute Gasteiger partial charge is 0.293 e. The number of rotatable bonds is 5. The molecule has 3 rings (SSSR count). The van der Waals surface area contributed by atoms with Gasteiger partial charge in [-0.25, -0.2) is 0 Å². The van der Waals surface area contributed by atoms with Crippen molar-refractivity contribution in [3.63, 3.8) is 0 Å². The van der Waals surface area contributed by atoms with Crippen molar-refractivity contribution in [3.8, 4) is 0 Å². The standard InChI is InChI=1S/C17H21N5O3S/c1-3-15-19-20-17(26-15)18-16(23)12-6-7-13(14(9-12)22(24)25)21-8-4-5-11(2)10-21/h6-7,9,11H,3-5,8,10H2,1-2H3,(H,18,20,23)/t11-/m0/s1. The van der Waals surface area contributed by atoms with E-state index in [4.69, 9.17) is 0 Å². The molecule has 0 bridgehead atoms. The number of amides is 1. The Labute approximate surface area is 155 Å². The Morgan fingerprint density at radius 1 is 1.46 bits per heavy atom. The second-order valence-electron chi connectivity index (χ2n) is 6.46. The van der Waals surface area contributed by atoms with Gasteiger partial charge in [-0.3, -0.25) is 20.2 Å². The summed E-state index contributed by atoms with van der Waals surface area (Å²) < 4.78 is 0. The molecule has 1 saturated heterocycles. The first-order valence-electron chi connectivity index (χ1n) is 8.65. The first-order valence-corrected chi connectivity index (χ1v) is 9.46. The number of benzene rings is 1. The van der Waals surface area contributed by atoms with Crippen LogP contribution in [0.5, 0.6) is 0 Å². The normalized spacial score (nSPS) is 17.2. The third-order valence-electron chi connectivity index (χ3n) is 4.42. The third-order valence-corrected chi connectivity index (χ3v) is 5.40. The highest BCUT2D eigenvalue weighted by atomic mass is 32.1. The number of aryl methyl sites for hydroxylation is 1. The Bertz CT molecular complexity index is 822. The van der Waals surface area contributed by atoms with Gasteiger partial charge in [-0.2, -0.15) is 0 Å². The number of hydrogen-bond donors (Lipinski definition) is 1. The molecule has 8 nitrogen and oxygen atoms in total. The van der Waals surface area contributed by atoms with E-state index >= 15 is 0 Å². The van der Waals surface area contributed by atoms with Crippen LogP contribution in [0.4, 0.5) is 16.5 Å². The minimum Gasteiger partial charge on any atom is -0.366 e. The number of aromatic nitrogens is 2. The molecule has 1 aromatic carbocycles. The third kappa shape index (κ3) is 3.98. The Hall–Kier alpha value is -2.55. The molecule has 9 heteroatoms. The maximum absolute atomic E-state index is 12.4. The maximum atomic E-state index is 12.4. The van der Waals surface area contributed by atoms with Gasteiger partial charge in [0.2, 0.25) is 5.13 Å². The lowest BCUT2D eigenvalue weighted by Crippen LogP contribution is -2.34. The summed E-state index contributed by atoms with van der Waals surface area (Å²) in [5.41, 5.74) is 0.763. The number of carbonyl (C=O) groups excluding carboxylic acids is 1. The van der Waals surface area contributed by atoms with E-state index in [0.29, 0.717) is 16.7 Å². The van der Waals surface area contributed by atoms with Crippen molar-refractivity contribution in [2.24, 2.45) is 5.92 Å². The lowest BCUT2D eigenvalue weighted by molar-refractivity contribution is -0.384. The van der Waals surface area contributed by atoms with Gasteiger partial charge < -0.3 is 4.90 Å². The van der Waals surface area contributed by atoms with Crippen LogP contribution in [-0.4, -0.2) is 34.1 Å². The molecular weight excluding hydrogens is 354 g/mol. The number of nitrogens with zero attached hydrogens (tertiary/aromatic N) is 4. The van der Waals surface area contributed by atoms with Gasteiger partial charge in [0.25, 0.3) is 11.6 Å². The van der Waals surface area contributed by atoms with Gasteiger partial charge in [-0.05, 0) is 37.3 Å². The molecule has 1 N–H and O–H groups in total. The molecule has 1 fully saturated rings. The summed E-state index contributed by atoms with van der Waals surface area (Å²) in [5, 5.41) is 23.3. The van der Waals surface area contributed by atoms with Crippen LogP contribution in [0.15, 0.2) is 18.2 Å². The fourth-order valence-electron chi connectivity index (χ4n) is 3.10. The second-order valence-corrected chi connectivity index (χ2v) is 7.52. The highest BCUT2D eigenvalue weighted by molar-refractivity contribution is 7.15. The zero-order valence-corrected chi connectivity index (χ0v) is 15.6. The Morgan fingerprint density at radius 2 is 2.27 bits per heavy atom. The monoisotopic (exact) mass is 375 g/mol. The van der Waals surface area contributed by atoms with Crippen LogP contribution < -0.4 is 10.2 Å². The zero-order valence-electron chi connectivity index (χ0n) is 14.8. The summed E-state index contributed by atoms with van der Waals surface area (Å²) >= 11 is 1.30. The van der Waals surface area contributed by atoms with Gasteiger partial charge in [0.15, 0.2) is 0 Å². The predicted octanol–water partition coefficient (Wildman–Crippen LogP) is 3.50. The van der Waals surface area contributed by atoms with Gasteiger partial charge in [-0.1, -0.05) is 25.2 Å². The van der Waals surface area contributed by atoms with E-state index in [1.54, 1.807) is 12.1 Å². The number of piperidine rings is 1. The van der Waals surface area contributed by atoms with Crippen molar-refractivity contribution in [1.82, 2.24) is 10.2 Å².